The zero-order chi connectivity index (χ0) is 22.8. The van der Waals surface area contributed by atoms with Gasteiger partial charge in [-0.25, -0.2) is 14.8 Å². The first kappa shape index (κ1) is 21.7. The zero-order valence-corrected chi connectivity index (χ0v) is 18.5. The van der Waals surface area contributed by atoms with E-state index >= 15 is 0 Å². The minimum atomic E-state index is -0.541. The van der Waals surface area contributed by atoms with Gasteiger partial charge in [0.2, 0.25) is 0 Å². The van der Waals surface area contributed by atoms with Gasteiger partial charge in [0.05, 0.1) is 18.1 Å². The van der Waals surface area contributed by atoms with Crippen molar-refractivity contribution in [2.24, 2.45) is 7.05 Å². The van der Waals surface area contributed by atoms with Crippen molar-refractivity contribution < 1.29 is 9.53 Å². The number of rotatable bonds is 8. The number of ether oxygens (including phenoxy) is 1. The lowest BCUT2D eigenvalue weighted by Gasteiger charge is -2.06. The van der Waals surface area contributed by atoms with Gasteiger partial charge in [0, 0.05) is 20.1 Å². The first-order chi connectivity index (χ1) is 15.4. The van der Waals surface area contributed by atoms with E-state index in [0.29, 0.717) is 22.6 Å². The van der Waals surface area contributed by atoms with Crippen LogP contribution in [0, 0.1) is 0 Å². The number of hydrogen-bond acceptors (Lipinski definition) is 8. The van der Waals surface area contributed by atoms with Crippen molar-refractivity contribution in [3.8, 4) is 0 Å². The predicted molar refractivity (Wildman–Crippen MR) is 119 cm³/mol. The van der Waals surface area contributed by atoms with E-state index in [0.717, 1.165) is 12.8 Å². The fraction of sp³-hybridized carbons (Fsp3) is 0.400. The van der Waals surface area contributed by atoms with E-state index in [1.54, 1.807) is 18.5 Å². The van der Waals surface area contributed by atoms with Crippen molar-refractivity contribution >= 4 is 38.7 Å². The Morgan fingerprint density at radius 3 is 2.84 bits per heavy atom. The second kappa shape index (κ2) is 8.91. The van der Waals surface area contributed by atoms with Crippen molar-refractivity contribution in [2.75, 3.05) is 0 Å². The molecule has 0 atom stereocenters. The molecular weight excluding hydrogens is 436 g/mol. The molecule has 0 unspecified atom stereocenters. The summed E-state index contributed by atoms with van der Waals surface area (Å²) in [5.41, 5.74) is -0.750. The smallest absolute Gasteiger partial charge is 0.330 e. The topological polar surface area (TPSA) is 134 Å². The quantitative estimate of drug-likeness (QED) is 0.391. The highest BCUT2D eigenvalue weighted by Gasteiger charge is 2.17. The Morgan fingerprint density at radius 1 is 1.25 bits per heavy atom. The standard InChI is InChI=1S/C20H22N6O5S/c1-3-4-7-26-16-15(17(28)23-20(26)30)24(2)13(22-16)10-31-14(27)5-8-25-11-21-18-12(19(25)29)6-9-32-18/h6,9,11H,3-5,7-8,10H2,1-2H3,(H,23,28,30). The van der Waals surface area contributed by atoms with Crippen LogP contribution in [-0.4, -0.2) is 34.6 Å². The average Bonchev–Trinajstić information content (AvgIpc) is 3.37. The number of carbonyl (C=O) groups is 1. The van der Waals surface area contributed by atoms with E-state index in [4.69, 9.17) is 4.74 Å². The van der Waals surface area contributed by atoms with E-state index in [-0.39, 0.29) is 36.3 Å². The molecule has 32 heavy (non-hydrogen) atoms. The highest BCUT2D eigenvalue weighted by molar-refractivity contribution is 7.16. The molecular formula is C20H22N6O5S. The minimum Gasteiger partial charge on any atom is -0.457 e. The highest BCUT2D eigenvalue weighted by atomic mass is 32.1. The summed E-state index contributed by atoms with van der Waals surface area (Å²) in [6.07, 6.45) is 3.03. The molecule has 4 rings (SSSR count). The van der Waals surface area contributed by atoms with Gasteiger partial charge in [0.15, 0.2) is 11.2 Å². The Balaban J connectivity index is 1.48. The van der Waals surface area contributed by atoms with Gasteiger partial charge in [-0.3, -0.25) is 28.5 Å². The van der Waals surface area contributed by atoms with Crippen molar-refractivity contribution in [2.45, 2.75) is 45.9 Å². The van der Waals surface area contributed by atoms with Crippen LogP contribution in [0.2, 0.25) is 0 Å². The van der Waals surface area contributed by atoms with Crippen LogP contribution in [-0.2, 0) is 36.3 Å². The number of unbranched alkanes of at least 4 members (excludes halogenated alkanes) is 1. The molecule has 12 heteroatoms. The molecule has 4 heterocycles. The molecule has 0 amide bonds. The third-order valence-electron chi connectivity index (χ3n) is 5.21. The maximum absolute atomic E-state index is 12.4. The van der Waals surface area contributed by atoms with E-state index < -0.39 is 17.2 Å². The number of thiophene rings is 1. The molecule has 0 radical (unpaired) electrons. The lowest BCUT2D eigenvalue weighted by molar-refractivity contribution is -0.145. The molecule has 11 nitrogen and oxygen atoms in total. The van der Waals surface area contributed by atoms with Crippen LogP contribution in [0.15, 0.2) is 32.2 Å². The molecule has 0 fully saturated rings. The molecule has 1 N–H and O–H groups in total. The third-order valence-corrected chi connectivity index (χ3v) is 6.03. The summed E-state index contributed by atoms with van der Waals surface area (Å²) >= 11 is 1.38. The second-order valence-electron chi connectivity index (χ2n) is 7.32. The van der Waals surface area contributed by atoms with Gasteiger partial charge in [-0.1, -0.05) is 13.3 Å². The predicted octanol–water partition coefficient (Wildman–Crippen LogP) is 1.13. The van der Waals surface area contributed by atoms with E-state index in [2.05, 4.69) is 15.0 Å². The van der Waals surface area contributed by atoms with Crippen LogP contribution >= 0.6 is 11.3 Å². The molecule has 0 aliphatic carbocycles. The van der Waals surface area contributed by atoms with E-state index in [1.807, 2.05) is 6.92 Å². The fourth-order valence-electron chi connectivity index (χ4n) is 3.43. The lowest BCUT2D eigenvalue weighted by Crippen LogP contribution is -2.31. The maximum Gasteiger partial charge on any atom is 0.330 e. The van der Waals surface area contributed by atoms with Crippen molar-refractivity contribution in [3.63, 3.8) is 0 Å². The minimum absolute atomic E-state index is 0.0248. The van der Waals surface area contributed by atoms with Gasteiger partial charge >= 0.3 is 11.7 Å². The number of carbonyl (C=O) groups excluding carboxylic acids is 1. The number of nitrogens with one attached hydrogen (secondary N) is 1. The molecule has 0 aromatic carbocycles. The number of aryl methyl sites for hydroxylation is 3. The number of hydrogen-bond donors (Lipinski definition) is 1. The first-order valence-corrected chi connectivity index (χ1v) is 11.0. The molecule has 0 aliphatic heterocycles. The monoisotopic (exact) mass is 458 g/mol. The van der Waals surface area contributed by atoms with Crippen LogP contribution in [0.4, 0.5) is 0 Å². The molecule has 0 aliphatic rings. The van der Waals surface area contributed by atoms with E-state index in [9.17, 15) is 19.2 Å². The summed E-state index contributed by atoms with van der Waals surface area (Å²) in [5.74, 6) is -0.181. The maximum atomic E-state index is 12.4. The van der Waals surface area contributed by atoms with Crippen molar-refractivity contribution in [1.29, 1.82) is 0 Å². The summed E-state index contributed by atoms with van der Waals surface area (Å²) < 4.78 is 9.62. The summed E-state index contributed by atoms with van der Waals surface area (Å²) in [6.45, 7) is 2.40. The van der Waals surface area contributed by atoms with Crippen LogP contribution in [0.1, 0.15) is 32.0 Å². The Kier molecular flexibility index (Phi) is 6.04. The van der Waals surface area contributed by atoms with Crippen molar-refractivity contribution in [3.05, 3.63) is 54.8 Å². The Labute approximate surface area is 184 Å². The van der Waals surface area contributed by atoms with Crippen LogP contribution < -0.4 is 16.8 Å². The SMILES string of the molecule is CCCCn1c(=O)[nH]c(=O)c2c1nc(COC(=O)CCn1cnc3sccc3c1=O)n2C. The van der Waals surface area contributed by atoms with Gasteiger partial charge < -0.3 is 9.30 Å². The Bertz CT molecular complexity index is 1470. The molecule has 0 bridgehead atoms. The van der Waals surface area contributed by atoms with Gasteiger partial charge in [-0.2, -0.15) is 0 Å². The summed E-state index contributed by atoms with van der Waals surface area (Å²) in [6, 6.07) is 1.71. The largest absolute Gasteiger partial charge is 0.457 e. The second-order valence-corrected chi connectivity index (χ2v) is 8.21. The number of imidazole rings is 1. The van der Waals surface area contributed by atoms with Gasteiger partial charge in [0.1, 0.15) is 17.3 Å². The number of aromatic nitrogens is 6. The number of esters is 1. The third kappa shape index (κ3) is 4.00. The molecule has 0 saturated carbocycles. The number of nitrogens with zero attached hydrogens (tertiary/aromatic N) is 5. The first-order valence-electron chi connectivity index (χ1n) is 10.2. The van der Waals surface area contributed by atoms with Crippen molar-refractivity contribution in [1.82, 2.24) is 28.7 Å². The average molecular weight is 459 g/mol. The molecule has 0 saturated heterocycles. The van der Waals surface area contributed by atoms with Gasteiger partial charge in [-0.05, 0) is 17.9 Å². The number of H-pyrrole nitrogens is 1. The normalized spacial score (nSPS) is 11.4. The van der Waals surface area contributed by atoms with Gasteiger partial charge in [-0.15, -0.1) is 11.3 Å². The van der Waals surface area contributed by atoms with Crippen LogP contribution in [0.5, 0.6) is 0 Å². The molecule has 168 valence electrons. The highest BCUT2D eigenvalue weighted by Crippen LogP contribution is 2.14. The Morgan fingerprint density at radius 2 is 2.06 bits per heavy atom. The zero-order valence-electron chi connectivity index (χ0n) is 17.7. The Hall–Kier alpha value is -3.54. The summed E-state index contributed by atoms with van der Waals surface area (Å²) in [4.78, 5) is 60.7. The van der Waals surface area contributed by atoms with E-state index in [1.165, 1.54) is 31.4 Å². The van der Waals surface area contributed by atoms with Crippen LogP contribution in [0.25, 0.3) is 21.4 Å². The fourth-order valence-corrected chi connectivity index (χ4v) is 4.15. The lowest BCUT2D eigenvalue weighted by atomic mass is 10.3. The molecule has 0 spiro atoms. The number of aromatic amines is 1. The number of fused-ring (bicyclic) bond motifs is 2. The van der Waals surface area contributed by atoms with Crippen LogP contribution in [0.3, 0.4) is 0 Å². The molecule has 4 aromatic rings. The molecule has 4 aromatic heterocycles. The summed E-state index contributed by atoms with van der Waals surface area (Å²) in [5, 5.41) is 2.31. The summed E-state index contributed by atoms with van der Waals surface area (Å²) in [7, 11) is 1.63. The van der Waals surface area contributed by atoms with Gasteiger partial charge in [0.25, 0.3) is 11.1 Å².